The van der Waals surface area contributed by atoms with Gasteiger partial charge in [0.05, 0.1) is 30.4 Å². The Bertz CT molecular complexity index is 1530. The van der Waals surface area contributed by atoms with Crippen LogP contribution in [0, 0.1) is 0 Å². The Hall–Kier alpha value is -4.64. The second-order valence-electron chi connectivity index (χ2n) is 9.73. The maximum Gasteiger partial charge on any atom is 0.338 e. The van der Waals surface area contributed by atoms with Gasteiger partial charge in [0, 0.05) is 4.90 Å². The van der Waals surface area contributed by atoms with E-state index in [0.717, 1.165) is 4.90 Å². The Morgan fingerprint density at radius 1 is 0.636 bits per heavy atom. The van der Waals surface area contributed by atoms with Crippen LogP contribution in [0.25, 0.3) is 0 Å². The average molecular weight is 615 g/mol. The third kappa shape index (κ3) is 7.46. The highest BCUT2D eigenvalue weighted by molar-refractivity contribution is 7.99. The fraction of sp³-hybridized carbons (Fsp3) is 0.206. The van der Waals surface area contributed by atoms with Gasteiger partial charge in [-0.3, -0.25) is 0 Å². The molecular weight excluding hydrogens is 584 g/mol. The van der Waals surface area contributed by atoms with Gasteiger partial charge < -0.3 is 28.8 Å². The summed E-state index contributed by atoms with van der Waals surface area (Å²) in [6, 6.07) is 31.9. The quantitative estimate of drug-likeness (QED) is 0.189. The number of aliphatic hydroxyl groups excluding tert-OH is 1. The minimum atomic E-state index is -1.36. The first-order valence-corrected chi connectivity index (χ1v) is 14.7. The third-order valence-corrected chi connectivity index (χ3v) is 8.00. The molecule has 0 unspecified atom stereocenters. The van der Waals surface area contributed by atoms with Gasteiger partial charge in [-0.05, 0) is 60.7 Å². The van der Waals surface area contributed by atoms with Gasteiger partial charge in [0.15, 0.2) is 18.3 Å². The molecule has 226 valence electrons. The van der Waals surface area contributed by atoms with Crippen LogP contribution in [0.1, 0.15) is 31.1 Å². The number of esters is 3. The number of ether oxygens (including phenoxy) is 5. The van der Waals surface area contributed by atoms with Crippen LogP contribution in [0.3, 0.4) is 0 Å². The molecule has 1 fully saturated rings. The van der Waals surface area contributed by atoms with E-state index < -0.39 is 54.4 Å². The summed E-state index contributed by atoms with van der Waals surface area (Å²) in [4.78, 5) is 40.8. The van der Waals surface area contributed by atoms with Crippen molar-refractivity contribution in [2.45, 2.75) is 34.7 Å². The zero-order valence-electron chi connectivity index (χ0n) is 23.7. The van der Waals surface area contributed by atoms with Crippen LogP contribution in [0.5, 0.6) is 5.75 Å². The molecule has 0 aromatic heterocycles. The summed E-state index contributed by atoms with van der Waals surface area (Å²) < 4.78 is 29.4. The summed E-state index contributed by atoms with van der Waals surface area (Å²) in [5.74, 6) is -1.52. The molecule has 4 aromatic carbocycles. The van der Waals surface area contributed by atoms with E-state index >= 15 is 0 Å². The SMILES string of the molecule is COc1ccc(S[C@@H]2O[C@H](CO)[C@@H](OC(=O)c3ccccc3)[C@H](OC(=O)c3ccccc3)[C@H]2OC(=O)c2ccccc2)cc1. The van der Waals surface area contributed by atoms with Crippen LogP contribution in [-0.4, -0.2) is 66.6 Å². The average Bonchev–Trinajstić information content (AvgIpc) is 3.08. The largest absolute Gasteiger partial charge is 0.497 e. The molecule has 1 aliphatic rings. The van der Waals surface area contributed by atoms with E-state index in [-0.39, 0.29) is 16.7 Å². The van der Waals surface area contributed by atoms with Crippen LogP contribution >= 0.6 is 11.8 Å². The molecule has 9 nitrogen and oxygen atoms in total. The van der Waals surface area contributed by atoms with Gasteiger partial charge in [-0.2, -0.15) is 0 Å². The highest BCUT2D eigenvalue weighted by Gasteiger charge is 2.52. The van der Waals surface area contributed by atoms with Crippen molar-refractivity contribution in [3.8, 4) is 5.75 Å². The number of rotatable bonds is 10. The van der Waals surface area contributed by atoms with E-state index in [1.54, 1.807) is 122 Å². The standard InChI is InChI=1S/C34H30O9S/c1-39-25-17-19-26(20-18-25)44-34-30(43-33(38)24-15-9-4-10-16-24)29(42-32(37)23-13-7-3-8-14-23)28(27(21-35)40-34)41-31(36)22-11-5-2-6-12-22/h2-20,27-30,34-35H,21H2,1H3/t27-,28-,29+,30-,34+/m1/s1. The van der Waals surface area contributed by atoms with Crippen LogP contribution in [0.15, 0.2) is 120 Å². The molecule has 5 atom stereocenters. The molecule has 10 heteroatoms. The Kier molecular flexibility index (Phi) is 10.3. The first kappa shape index (κ1) is 30.8. The maximum absolute atomic E-state index is 13.4. The van der Waals surface area contributed by atoms with Crippen molar-refractivity contribution in [3.05, 3.63) is 132 Å². The first-order valence-electron chi connectivity index (χ1n) is 13.8. The summed E-state index contributed by atoms with van der Waals surface area (Å²) >= 11 is 1.19. The first-order chi connectivity index (χ1) is 21.5. The number of thioether (sulfide) groups is 1. The summed E-state index contributed by atoms with van der Waals surface area (Å²) in [5.41, 5.74) is -0.241. The van der Waals surface area contributed by atoms with Gasteiger partial charge in [0.2, 0.25) is 0 Å². The number of aliphatic hydroxyl groups is 1. The Morgan fingerprint density at radius 2 is 1.07 bits per heavy atom. The molecule has 1 saturated heterocycles. The summed E-state index contributed by atoms with van der Waals surface area (Å²) in [5, 5.41) is 10.4. The molecule has 0 amide bonds. The zero-order chi connectivity index (χ0) is 30.9. The van der Waals surface area contributed by atoms with E-state index in [1.165, 1.54) is 11.8 Å². The van der Waals surface area contributed by atoms with Gasteiger partial charge in [-0.15, -0.1) is 0 Å². The molecule has 0 bridgehead atoms. The summed E-state index contributed by atoms with van der Waals surface area (Å²) in [6.07, 6.45) is -5.08. The van der Waals surface area contributed by atoms with E-state index in [9.17, 15) is 19.5 Å². The smallest absolute Gasteiger partial charge is 0.338 e. The summed E-state index contributed by atoms with van der Waals surface area (Å²) in [6.45, 7) is -0.578. The van der Waals surface area contributed by atoms with Crippen molar-refractivity contribution in [2.24, 2.45) is 0 Å². The lowest BCUT2D eigenvalue weighted by Gasteiger charge is -2.44. The number of hydrogen-bond donors (Lipinski definition) is 1. The molecular formula is C34H30O9S. The molecule has 1 heterocycles. The molecule has 1 N–H and O–H groups in total. The van der Waals surface area contributed by atoms with E-state index in [0.29, 0.717) is 5.75 Å². The van der Waals surface area contributed by atoms with Crippen molar-refractivity contribution in [1.29, 1.82) is 0 Å². The van der Waals surface area contributed by atoms with Crippen molar-refractivity contribution in [3.63, 3.8) is 0 Å². The van der Waals surface area contributed by atoms with Gasteiger partial charge >= 0.3 is 17.9 Å². The van der Waals surface area contributed by atoms with Gasteiger partial charge in [-0.25, -0.2) is 14.4 Å². The molecule has 0 radical (unpaired) electrons. The van der Waals surface area contributed by atoms with Crippen LogP contribution in [0.2, 0.25) is 0 Å². The van der Waals surface area contributed by atoms with Crippen LogP contribution < -0.4 is 4.74 Å². The van der Waals surface area contributed by atoms with Crippen molar-refractivity contribution < 1.29 is 43.2 Å². The van der Waals surface area contributed by atoms with Gasteiger partial charge in [-0.1, -0.05) is 66.4 Å². The topological polar surface area (TPSA) is 118 Å². The zero-order valence-corrected chi connectivity index (χ0v) is 24.5. The molecule has 0 aliphatic carbocycles. The number of carbonyl (C=O) groups excluding carboxylic acids is 3. The van der Waals surface area contributed by atoms with Gasteiger partial charge in [0.1, 0.15) is 17.3 Å². The highest BCUT2D eigenvalue weighted by atomic mass is 32.2. The maximum atomic E-state index is 13.4. The second kappa shape index (κ2) is 14.7. The molecule has 5 rings (SSSR count). The van der Waals surface area contributed by atoms with Gasteiger partial charge in [0.25, 0.3) is 0 Å². The Labute approximate surface area is 258 Å². The van der Waals surface area contributed by atoms with E-state index in [2.05, 4.69) is 0 Å². The lowest BCUT2D eigenvalue weighted by molar-refractivity contribution is -0.207. The minimum absolute atomic E-state index is 0.236. The van der Waals surface area contributed by atoms with E-state index in [1.807, 2.05) is 0 Å². The lowest BCUT2D eigenvalue weighted by atomic mass is 9.98. The highest BCUT2D eigenvalue weighted by Crippen LogP contribution is 2.38. The van der Waals surface area contributed by atoms with Crippen molar-refractivity contribution >= 4 is 29.7 Å². The molecule has 1 aliphatic heterocycles. The number of hydrogen-bond acceptors (Lipinski definition) is 10. The Balaban J connectivity index is 1.54. The predicted octanol–water partition coefficient (Wildman–Crippen LogP) is 5.18. The van der Waals surface area contributed by atoms with Crippen LogP contribution in [0.4, 0.5) is 0 Å². The van der Waals surface area contributed by atoms with Crippen molar-refractivity contribution in [1.82, 2.24) is 0 Å². The third-order valence-electron chi connectivity index (χ3n) is 6.84. The fourth-order valence-electron chi connectivity index (χ4n) is 4.61. The molecule has 44 heavy (non-hydrogen) atoms. The Morgan fingerprint density at radius 3 is 1.50 bits per heavy atom. The molecule has 0 saturated carbocycles. The molecule has 4 aromatic rings. The monoisotopic (exact) mass is 614 g/mol. The normalized spacial score (nSPS) is 21.1. The number of carbonyl (C=O) groups is 3. The van der Waals surface area contributed by atoms with Crippen molar-refractivity contribution in [2.75, 3.05) is 13.7 Å². The number of methoxy groups -OCH3 is 1. The molecule has 0 spiro atoms. The number of benzene rings is 4. The van der Waals surface area contributed by atoms with Crippen LogP contribution in [-0.2, 0) is 18.9 Å². The second-order valence-corrected chi connectivity index (χ2v) is 10.9. The minimum Gasteiger partial charge on any atom is -0.497 e. The van der Waals surface area contributed by atoms with E-state index in [4.69, 9.17) is 23.7 Å². The lowest BCUT2D eigenvalue weighted by Crippen LogP contribution is -2.61. The fourth-order valence-corrected chi connectivity index (χ4v) is 5.71. The summed E-state index contributed by atoms with van der Waals surface area (Å²) in [7, 11) is 1.56. The predicted molar refractivity (Wildman–Crippen MR) is 162 cm³/mol.